The number of benzene rings is 3. The highest BCUT2D eigenvalue weighted by molar-refractivity contribution is 5.73. The maximum atomic E-state index is 15.0. The van der Waals surface area contributed by atoms with Crippen LogP contribution in [0.5, 0.6) is 5.75 Å². The predicted molar refractivity (Wildman–Crippen MR) is 125 cm³/mol. The standard InChI is InChI=1S/C28H24F6O2/c1-3-5-16-7-6-15(14-36-16)17-8-9-18(24(30)23(17)29)19-10-11-20(26(32)25(19)31)21-12-13-22(35-4-2)28(34)27(21)33/h3,5,8-13,15-16H,4,6-7,14H2,1-2H3/b5-3+. The minimum absolute atomic E-state index is 0.0808. The van der Waals surface area contributed by atoms with Crippen LogP contribution in [0.15, 0.2) is 48.6 Å². The SMILES string of the molecule is C/C=C/C1CCC(c2ccc(-c3ccc(-c4ccc(OCC)c(F)c4F)c(F)c3F)c(F)c2F)CO1. The first-order valence-corrected chi connectivity index (χ1v) is 11.6. The summed E-state index contributed by atoms with van der Waals surface area (Å²) in [6, 6.07) is 6.68. The molecule has 4 rings (SSSR count). The Kier molecular flexibility index (Phi) is 7.73. The van der Waals surface area contributed by atoms with E-state index in [1.807, 2.05) is 19.1 Å². The van der Waals surface area contributed by atoms with Crippen LogP contribution in [-0.4, -0.2) is 19.3 Å². The molecule has 36 heavy (non-hydrogen) atoms. The van der Waals surface area contributed by atoms with E-state index >= 15 is 8.78 Å². The van der Waals surface area contributed by atoms with Gasteiger partial charge in [-0.05, 0) is 44.4 Å². The molecule has 0 radical (unpaired) electrons. The molecule has 1 heterocycles. The van der Waals surface area contributed by atoms with E-state index in [1.165, 1.54) is 12.1 Å². The van der Waals surface area contributed by atoms with Crippen molar-refractivity contribution in [1.29, 1.82) is 0 Å². The number of ether oxygens (including phenoxy) is 2. The van der Waals surface area contributed by atoms with E-state index in [0.29, 0.717) is 12.8 Å². The molecule has 3 aromatic rings. The summed E-state index contributed by atoms with van der Waals surface area (Å²) >= 11 is 0. The molecule has 190 valence electrons. The number of hydrogen-bond donors (Lipinski definition) is 0. The highest BCUT2D eigenvalue weighted by Crippen LogP contribution is 2.38. The van der Waals surface area contributed by atoms with Gasteiger partial charge in [0.2, 0.25) is 5.82 Å². The molecule has 0 aliphatic carbocycles. The lowest BCUT2D eigenvalue weighted by atomic mass is 9.89. The molecule has 1 aliphatic heterocycles. The number of allylic oxidation sites excluding steroid dienone is 1. The van der Waals surface area contributed by atoms with Crippen molar-refractivity contribution in [3.05, 3.63) is 89.0 Å². The highest BCUT2D eigenvalue weighted by Gasteiger charge is 2.28. The molecule has 1 aliphatic rings. The lowest BCUT2D eigenvalue weighted by molar-refractivity contribution is 0.0317. The van der Waals surface area contributed by atoms with Crippen molar-refractivity contribution in [2.75, 3.05) is 13.2 Å². The lowest BCUT2D eigenvalue weighted by Crippen LogP contribution is -2.24. The zero-order valence-electron chi connectivity index (χ0n) is 19.7. The van der Waals surface area contributed by atoms with Crippen molar-refractivity contribution >= 4 is 0 Å². The molecule has 0 bridgehead atoms. The molecule has 2 unspecified atom stereocenters. The van der Waals surface area contributed by atoms with E-state index in [2.05, 4.69) is 0 Å². The van der Waals surface area contributed by atoms with Crippen LogP contribution < -0.4 is 4.74 Å². The van der Waals surface area contributed by atoms with Crippen LogP contribution in [0, 0.1) is 34.9 Å². The van der Waals surface area contributed by atoms with E-state index in [0.717, 1.165) is 24.3 Å². The van der Waals surface area contributed by atoms with E-state index in [4.69, 9.17) is 9.47 Å². The first-order valence-electron chi connectivity index (χ1n) is 11.6. The third kappa shape index (κ3) is 4.74. The summed E-state index contributed by atoms with van der Waals surface area (Å²) in [6.07, 6.45) is 4.89. The highest BCUT2D eigenvalue weighted by atomic mass is 19.2. The predicted octanol–water partition coefficient (Wildman–Crippen LogP) is 8.09. The number of rotatable bonds is 6. The van der Waals surface area contributed by atoms with Crippen molar-refractivity contribution in [2.45, 2.75) is 38.7 Å². The molecule has 2 atom stereocenters. The molecule has 0 saturated carbocycles. The van der Waals surface area contributed by atoms with Gasteiger partial charge in [0.05, 0.1) is 19.3 Å². The molecule has 0 N–H and O–H groups in total. The molecule has 8 heteroatoms. The Morgan fingerprint density at radius 3 is 1.81 bits per heavy atom. The average molecular weight is 506 g/mol. The van der Waals surface area contributed by atoms with E-state index in [-0.39, 0.29) is 36.5 Å². The van der Waals surface area contributed by atoms with Gasteiger partial charge in [-0.2, -0.15) is 4.39 Å². The molecule has 0 aromatic heterocycles. The van der Waals surface area contributed by atoms with Crippen molar-refractivity contribution in [2.24, 2.45) is 0 Å². The average Bonchev–Trinajstić information content (AvgIpc) is 2.87. The first kappa shape index (κ1) is 25.8. The fraction of sp³-hybridized carbons (Fsp3) is 0.286. The molecular formula is C28H24F6O2. The second-order valence-electron chi connectivity index (χ2n) is 8.46. The second-order valence-corrected chi connectivity index (χ2v) is 8.46. The Labute approximate surface area is 205 Å². The second kappa shape index (κ2) is 10.8. The van der Waals surface area contributed by atoms with Gasteiger partial charge < -0.3 is 9.47 Å². The molecule has 0 spiro atoms. The summed E-state index contributed by atoms with van der Waals surface area (Å²) < 4.78 is 99.4. The number of halogens is 6. The summed E-state index contributed by atoms with van der Waals surface area (Å²) in [5.74, 6) is -9.02. The smallest absolute Gasteiger partial charge is 0.201 e. The van der Waals surface area contributed by atoms with E-state index < -0.39 is 57.2 Å². The van der Waals surface area contributed by atoms with Gasteiger partial charge in [0.1, 0.15) is 0 Å². The third-order valence-electron chi connectivity index (χ3n) is 6.28. The number of hydrogen-bond acceptors (Lipinski definition) is 2. The van der Waals surface area contributed by atoms with Crippen molar-refractivity contribution < 1.29 is 35.8 Å². The van der Waals surface area contributed by atoms with Crippen molar-refractivity contribution in [1.82, 2.24) is 0 Å². The monoisotopic (exact) mass is 506 g/mol. The summed E-state index contributed by atoms with van der Waals surface area (Å²) in [5.41, 5.74) is -2.03. The van der Waals surface area contributed by atoms with Gasteiger partial charge in [0.15, 0.2) is 34.8 Å². The zero-order valence-corrected chi connectivity index (χ0v) is 19.7. The third-order valence-corrected chi connectivity index (χ3v) is 6.28. The summed E-state index contributed by atoms with van der Waals surface area (Å²) in [7, 11) is 0. The molecule has 3 aromatic carbocycles. The first-order chi connectivity index (χ1) is 17.3. The Bertz CT molecular complexity index is 1300. The Balaban J connectivity index is 1.67. The van der Waals surface area contributed by atoms with E-state index in [1.54, 1.807) is 6.92 Å². The van der Waals surface area contributed by atoms with Crippen LogP contribution in [0.4, 0.5) is 26.3 Å². The van der Waals surface area contributed by atoms with Gasteiger partial charge in [-0.3, -0.25) is 0 Å². The minimum atomic E-state index is -1.52. The van der Waals surface area contributed by atoms with Gasteiger partial charge in [-0.25, -0.2) is 22.0 Å². The maximum absolute atomic E-state index is 15.0. The molecular weight excluding hydrogens is 482 g/mol. The van der Waals surface area contributed by atoms with Crippen LogP contribution >= 0.6 is 0 Å². The molecule has 1 saturated heterocycles. The normalized spacial score (nSPS) is 18.1. The Morgan fingerprint density at radius 2 is 1.28 bits per heavy atom. The quantitative estimate of drug-likeness (QED) is 0.249. The van der Waals surface area contributed by atoms with Gasteiger partial charge in [-0.15, -0.1) is 0 Å². The minimum Gasteiger partial charge on any atom is -0.491 e. The van der Waals surface area contributed by atoms with Gasteiger partial charge >= 0.3 is 0 Å². The van der Waals surface area contributed by atoms with Gasteiger partial charge in [-0.1, -0.05) is 36.4 Å². The Morgan fingerprint density at radius 1 is 0.750 bits per heavy atom. The molecule has 0 amide bonds. The zero-order chi connectivity index (χ0) is 26.0. The van der Waals surface area contributed by atoms with Crippen LogP contribution in [0.2, 0.25) is 0 Å². The van der Waals surface area contributed by atoms with Gasteiger partial charge in [0.25, 0.3) is 0 Å². The van der Waals surface area contributed by atoms with Gasteiger partial charge in [0, 0.05) is 28.2 Å². The fourth-order valence-corrected chi connectivity index (χ4v) is 4.44. The fourth-order valence-electron chi connectivity index (χ4n) is 4.44. The molecule has 2 nitrogen and oxygen atoms in total. The van der Waals surface area contributed by atoms with Crippen LogP contribution in [0.25, 0.3) is 22.3 Å². The maximum Gasteiger partial charge on any atom is 0.201 e. The van der Waals surface area contributed by atoms with Crippen LogP contribution in [-0.2, 0) is 4.74 Å². The van der Waals surface area contributed by atoms with Crippen molar-refractivity contribution in [3.63, 3.8) is 0 Å². The van der Waals surface area contributed by atoms with E-state index in [9.17, 15) is 17.6 Å². The van der Waals surface area contributed by atoms with Crippen molar-refractivity contribution in [3.8, 4) is 28.0 Å². The van der Waals surface area contributed by atoms with Crippen LogP contribution in [0.3, 0.4) is 0 Å². The molecule has 1 fully saturated rings. The lowest BCUT2D eigenvalue weighted by Gasteiger charge is -2.28. The summed E-state index contributed by atoms with van der Waals surface area (Å²) in [6.45, 7) is 3.73. The topological polar surface area (TPSA) is 18.5 Å². The summed E-state index contributed by atoms with van der Waals surface area (Å²) in [5, 5.41) is 0. The Hall–Kier alpha value is -3.26. The summed E-state index contributed by atoms with van der Waals surface area (Å²) in [4.78, 5) is 0. The largest absolute Gasteiger partial charge is 0.491 e. The van der Waals surface area contributed by atoms with Crippen LogP contribution in [0.1, 0.15) is 38.2 Å².